The van der Waals surface area contributed by atoms with E-state index in [9.17, 15) is 5.11 Å². The Labute approximate surface area is 161 Å². The first-order valence-corrected chi connectivity index (χ1v) is 9.11. The van der Waals surface area contributed by atoms with Gasteiger partial charge in [-0.05, 0) is 11.5 Å². The van der Waals surface area contributed by atoms with Crippen LogP contribution in [0.3, 0.4) is 0 Å². The third-order valence-electron chi connectivity index (χ3n) is 3.85. The van der Waals surface area contributed by atoms with Crippen LogP contribution in [0.2, 0.25) is 0 Å². The molecule has 3 rings (SSSR count). The molecule has 2 heterocycles. The van der Waals surface area contributed by atoms with E-state index < -0.39 is 4.96 Å². The van der Waals surface area contributed by atoms with Crippen molar-refractivity contribution in [3.63, 3.8) is 0 Å². The van der Waals surface area contributed by atoms with Crippen molar-refractivity contribution >= 4 is 46.1 Å². The molecule has 0 unspecified atom stereocenters. The lowest BCUT2D eigenvalue weighted by atomic mass is 10.2. The molecule has 0 aliphatic heterocycles. The lowest BCUT2D eigenvalue weighted by molar-refractivity contribution is 0.244. The molecule has 0 saturated carbocycles. The van der Waals surface area contributed by atoms with E-state index in [1.54, 1.807) is 4.57 Å². The van der Waals surface area contributed by atoms with Gasteiger partial charge >= 0.3 is 0 Å². The van der Waals surface area contributed by atoms with Crippen molar-refractivity contribution in [2.45, 2.75) is 18.4 Å². The molecule has 0 aliphatic carbocycles. The van der Waals surface area contributed by atoms with Gasteiger partial charge in [-0.1, -0.05) is 60.5 Å². The van der Waals surface area contributed by atoms with Crippen LogP contribution in [0.25, 0.3) is 11.2 Å². The highest BCUT2D eigenvalue weighted by atomic mass is 35.5. The predicted molar refractivity (Wildman–Crippen MR) is 105 cm³/mol. The average molecular weight is 395 g/mol. The minimum Gasteiger partial charge on any atom is -0.396 e. The van der Waals surface area contributed by atoms with Gasteiger partial charge in [-0.2, -0.15) is 9.97 Å². The lowest BCUT2D eigenvalue weighted by Gasteiger charge is -2.13. The number of imidazole rings is 1. The molecule has 0 aliphatic rings. The molecule has 0 amide bonds. The third-order valence-corrected chi connectivity index (χ3v) is 4.28. The summed E-state index contributed by atoms with van der Waals surface area (Å²) in [5, 5.41) is 15.6. The minimum absolute atomic E-state index is 0.0775. The molecular formula is C17H20Cl2N6O. The number of aliphatic hydroxyl groups is 1. The monoisotopic (exact) mass is 394 g/mol. The Morgan fingerprint density at radius 1 is 1.15 bits per heavy atom. The van der Waals surface area contributed by atoms with E-state index in [0.29, 0.717) is 36.0 Å². The van der Waals surface area contributed by atoms with Gasteiger partial charge in [0.15, 0.2) is 21.9 Å². The normalized spacial score (nSPS) is 12.5. The van der Waals surface area contributed by atoms with Gasteiger partial charge in [0.05, 0.1) is 6.33 Å². The van der Waals surface area contributed by atoms with Crippen LogP contribution in [0.15, 0.2) is 36.7 Å². The summed E-state index contributed by atoms with van der Waals surface area (Å²) in [5.74, 6) is 1.09. The second kappa shape index (κ2) is 8.53. The van der Waals surface area contributed by atoms with Crippen molar-refractivity contribution in [1.29, 1.82) is 0 Å². The summed E-state index contributed by atoms with van der Waals surface area (Å²) in [7, 11) is 0. The number of nitrogens with one attached hydrogen (secondary N) is 2. The molecule has 0 bridgehead atoms. The fourth-order valence-electron chi connectivity index (χ4n) is 2.37. The average Bonchev–Trinajstić information content (AvgIpc) is 3.09. The van der Waals surface area contributed by atoms with Crippen molar-refractivity contribution < 1.29 is 5.11 Å². The fraction of sp³-hybridized carbons (Fsp3) is 0.353. The number of rotatable bonds is 8. The SMILES string of the molecule is C[C@H](CO)CNc1nc(NCc2ccccc2)c2ncn(C(Cl)Cl)c2n1. The number of hydrogen-bond acceptors (Lipinski definition) is 6. The zero-order valence-electron chi connectivity index (χ0n) is 14.2. The third kappa shape index (κ3) is 4.35. The van der Waals surface area contributed by atoms with Crippen molar-refractivity contribution in [3.8, 4) is 0 Å². The smallest absolute Gasteiger partial charge is 0.226 e. The first-order valence-electron chi connectivity index (χ1n) is 8.23. The zero-order valence-corrected chi connectivity index (χ0v) is 15.7. The molecule has 0 fully saturated rings. The topological polar surface area (TPSA) is 87.9 Å². The van der Waals surface area contributed by atoms with Gasteiger partial charge in [-0.3, -0.25) is 4.57 Å². The van der Waals surface area contributed by atoms with E-state index in [2.05, 4.69) is 25.6 Å². The number of nitrogens with zero attached hydrogens (tertiary/aromatic N) is 4. The Balaban J connectivity index is 1.91. The number of halogens is 2. The van der Waals surface area contributed by atoms with Gasteiger partial charge in [-0.15, -0.1) is 0 Å². The predicted octanol–water partition coefficient (Wildman–Crippen LogP) is 3.41. The quantitative estimate of drug-likeness (QED) is 0.507. The molecule has 0 saturated heterocycles. The van der Waals surface area contributed by atoms with Crippen LogP contribution in [0.4, 0.5) is 11.8 Å². The second-order valence-electron chi connectivity index (χ2n) is 6.01. The summed E-state index contributed by atoms with van der Waals surface area (Å²) < 4.78 is 1.56. The van der Waals surface area contributed by atoms with E-state index in [1.165, 1.54) is 6.33 Å². The molecule has 9 heteroatoms. The molecule has 0 radical (unpaired) electrons. The maximum atomic E-state index is 9.19. The first kappa shape index (κ1) is 18.7. The van der Waals surface area contributed by atoms with Crippen LogP contribution in [-0.4, -0.2) is 37.8 Å². The van der Waals surface area contributed by atoms with Gasteiger partial charge in [0, 0.05) is 19.7 Å². The number of benzene rings is 1. The largest absolute Gasteiger partial charge is 0.396 e. The first-order chi connectivity index (χ1) is 12.6. The van der Waals surface area contributed by atoms with Crippen molar-refractivity contribution in [3.05, 3.63) is 42.2 Å². The number of aromatic nitrogens is 4. The van der Waals surface area contributed by atoms with E-state index in [4.69, 9.17) is 23.2 Å². The van der Waals surface area contributed by atoms with Crippen LogP contribution < -0.4 is 10.6 Å². The van der Waals surface area contributed by atoms with Crippen LogP contribution >= 0.6 is 23.2 Å². The maximum absolute atomic E-state index is 9.19. The summed E-state index contributed by atoms with van der Waals surface area (Å²) in [5.41, 5.74) is 2.24. The highest BCUT2D eigenvalue weighted by Gasteiger charge is 2.16. The summed E-state index contributed by atoms with van der Waals surface area (Å²) >= 11 is 12.0. The summed E-state index contributed by atoms with van der Waals surface area (Å²) in [6.45, 7) is 3.15. The molecule has 1 atom stereocenters. The Morgan fingerprint density at radius 2 is 1.92 bits per heavy atom. The molecule has 3 N–H and O–H groups in total. The van der Waals surface area contributed by atoms with Crippen LogP contribution in [0.1, 0.15) is 17.4 Å². The van der Waals surface area contributed by atoms with E-state index >= 15 is 0 Å². The summed E-state index contributed by atoms with van der Waals surface area (Å²) in [6, 6.07) is 9.99. The molecular weight excluding hydrogens is 375 g/mol. The number of fused-ring (bicyclic) bond motifs is 1. The van der Waals surface area contributed by atoms with Crippen molar-refractivity contribution in [2.75, 3.05) is 23.8 Å². The van der Waals surface area contributed by atoms with Crippen molar-refractivity contribution in [2.24, 2.45) is 5.92 Å². The number of anilines is 2. The molecule has 26 heavy (non-hydrogen) atoms. The number of alkyl halides is 2. The van der Waals surface area contributed by atoms with E-state index in [1.807, 2.05) is 37.3 Å². The fourth-order valence-corrected chi connectivity index (χ4v) is 2.66. The van der Waals surface area contributed by atoms with E-state index in [0.717, 1.165) is 5.56 Å². The van der Waals surface area contributed by atoms with Crippen LogP contribution in [0, 0.1) is 5.92 Å². The van der Waals surface area contributed by atoms with E-state index in [-0.39, 0.29) is 12.5 Å². The highest BCUT2D eigenvalue weighted by Crippen LogP contribution is 2.27. The highest BCUT2D eigenvalue weighted by molar-refractivity contribution is 6.42. The minimum atomic E-state index is -0.805. The Kier molecular flexibility index (Phi) is 6.13. The Morgan fingerprint density at radius 3 is 2.62 bits per heavy atom. The molecule has 0 spiro atoms. The van der Waals surface area contributed by atoms with Gasteiger partial charge in [-0.25, -0.2) is 4.98 Å². The molecule has 2 aromatic heterocycles. The van der Waals surface area contributed by atoms with Crippen molar-refractivity contribution in [1.82, 2.24) is 19.5 Å². The molecule has 3 aromatic rings. The van der Waals surface area contributed by atoms with Gasteiger partial charge in [0.2, 0.25) is 5.95 Å². The maximum Gasteiger partial charge on any atom is 0.226 e. The number of hydrogen-bond donors (Lipinski definition) is 3. The zero-order chi connectivity index (χ0) is 18.5. The summed E-state index contributed by atoms with van der Waals surface area (Å²) in [6.07, 6.45) is 1.54. The lowest BCUT2D eigenvalue weighted by Crippen LogP contribution is -2.17. The van der Waals surface area contributed by atoms with Gasteiger partial charge in [0.1, 0.15) is 0 Å². The summed E-state index contributed by atoms with van der Waals surface area (Å²) in [4.78, 5) is 12.5. The molecule has 7 nitrogen and oxygen atoms in total. The second-order valence-corrected chi connectivity index (χ2v) is 7.06. The molecule has 138 valence electrons. The van der Waals surface area contributed by atoms with Gasteiger partial charge < -0.3 is 15.7 Å². The Bertz CT molecular complexity index is 855. The van der Waals surface area contributed by atoms with Crippen LogP contribution in [-0.2, 0) is 6.54 Å². The Hall–Kier alpha value is -2.09. The van der Waals surface area contributed by atoms with Crippen LogP contribution in [0.5, 0.6) is 0 Å². The number of aliphatic hydroxyl groups excluding tert-OH is 1. The molecule has 1 aromatic carbocycles. The standard InChI is InChI=1S/C17H20Cl2N6O/c1-11(9-26)7-21-17-23-14(20-8-12-5-3-2-4-6-12)13-15(24-17)25(10-22-13)16(18)19/h2-6,10-11,16,26H,7-9H2,1H3,(H2,20,21,23,24)/t11-/m0/s1. The van der Waals surface area contributed by atoms with Gasteiger partial charge in [0.25, 0.3) is 0 Å².